The quantitative estimate of drug-likeness (QED) is 0.874. The first-order valence-corrected chi connectivity index (χ1v) is 6.71. The molecule has 1 aromatic heterocycles. The summed E-state index contributed by atoms with van der Waals surface area (Å²) in [5.41, 5.74) is 1.55. The van der Waals surface area contributed by atoms with E-state index in [0.717, 1.165) is 11.0 Å². The van der Waals surface area contributed by atoms with Gasteiger partial charge < -0.3 is 20.1 Å². The highest BCUT2D eigenvalue weighted by Crippen LogP contribution is 2.19. The zero-order chi connectivity index (χ0) is 14.8. The Bertz CT molecular complexity index is 663. The van der Waals surface area contributed by atoms with Crippen LogP contribution >= 0.6 is 0 Å². The molecule has 1 aliphatic rings. The van der Waals surface area contributed by atoms with E-state index in [4.69, 9.17) is 9.84 Å². The molecule has 1 fully saturated rings. The standard InChI is InChI=1S/C14H16N4O3/c1-15-11-7-18(14(19)20)8-12(11)21-13-6-16-9-4-2-3-5-10(9)17-13/h2-6,11-12,15H,7-8H2,1H3,(H,19,20). The lowest BCUT2D eigenvalue weighted by Crippen LogP contribution is -2.40. The van der Waals surface area contributed by atoms with Crippen molar-refractivity contribution < 1.29 is 14.6 Å². The molecule has 1 aliphatic heterocycles. The molecule has 0 bridgehead atoms. The van der Waals surface area contributed by atoms with Gasteiger partial charge in [-0.05, 0) is 19.2 Å². The summed E-state index contributed by atoms with van der Waals surface area (Å²) in [6.07, 6.45) is 0.353. The van der Waals surface area contributed by atoms with Gasteiger partial charge in [-0.3, -0.25) is 0 Å². The minimum atomic E-state index is -0.939. The Hall–Kier alpha value is -2.41. The van der Waals surface area contributed by atoms with Crippen molar-refractivity contribution in [3.05, 3.63) is 30.5 Å². The molecule has 2 N–H and O–H groups in total. The molecule has 1 saturated heterocycles. The van der Waals surface area contributed by atoms with Crippen LogP contribution in [-0.4, -0.2) is 58.4 Å². The maximum Gasteiger partial charge on any atom is 0.407 e. The Morgan fingerprint density at radius 3 is 2.86 bits per heavy atom. The molecule has 2 atom stereocenters. The van der Waals surface area contributed by atoms with E-state index in [2.05, 4.69) is 15.3 Å². The Morgan fingerprint density at radius 1 is 1.38 bits per heavy atom. The number of benzene rings is 1. The van der Waals surface area contributed by atoms with Gasteiger partial charge in [0.25, 0.3) is 0 Å². The van der Waals surface area contributed by atoms with Crippen molar-refractivity contribution in [1.82, 2.24) is 20.2 Å². The average molecular weight is 288 g/mol. The second kappa shape index (κ2) is 5.53. The Balaban J connectivity index is 1.79. The Morgan fingerprint density at radius 2 is 2.14 bits per heavy atom. The molecule has 0 aliphatic carbocycles. The molecule has 1 amide bonds. The highest BCUT2D eigenvalue weighted by atomic mass is 16.5. The number of aromatic nitrogens is 2. The molecule has 7 nitrogen and oxygen atoms in total. The Kier molecular flexibility index (Phi) is 3.57. The summed E-state index contributed by atoms with van der Waals surface area (Å²) < 4.78 is 5.83. The number of likely N-dealkylation sites (N-methyl/N-ethyl adjacent to an activating group) is 1. The van der Waals surface area contributed by atoms with Crippen LogP contribution in [0, 0.1) is 0 Å². The van der Waals surface area contributed by atoms with Crippen molar-refractivity contribution >= 4 is 17.1 Å². The van der Waals surface area contributed by atoms with Gasteiger partial charge in [0.15, 0.2) is 0 Å². The third kappa shape index (κ3) is 2.73. The predicted molar refractivity (Wildman–Crippen MR) is 76.4 cm³/mol. The molecule has 21 heavy (non-hydrogen) atoms. The van der Waals surface area contributed by atoms with Crippen molar-refractivity contribution in [2.24, 2.45) is 0 Å². The van der Waals surface area contributed by atoms with Crippen molar-refractivity contribution in [3.8, 4) is 5.88 Å². The molecule has 0 saturated carbocycles. The molecule has 0 spiro atoms. The van der Waals surface area contributed by atoms with Crippen LogP contribution in [0.15, 0.2) is 30.5 Å². The number of hydrogen-bond acceptors (Lipinski definition) is 5. The first kappa shape index (κ1) is 13.6. The number of hydrogen-bond donors (Lipinski definition) is 2. The van der Waals surface area contributed by atoms with Gasteiger partial charge in [0.1, 0.15) is 6.10 Å². The van der Waals surface area contributed by atoms with Crippen LogP contribution in [-0.2, 0) is 0 Å². The summed E-state index contributed by atoms with van der Waals surface area (Å²) in [5.74, 6) is 0.409. The summed E-state index contributed by atoms with van der Waals surface area (Å²) >= 11 is 0. The second-order valence-electron chi connectivity index (χ2n) is 4.94. The van der Waals surface area contributed by atoms with Crippen LogP contribution in [0.4, 0.5) is 4.79 Å². The third-order valence-electron chi connectivity index (χ3n) is 3.61. The van der Waals surface area contributed by atoms with Crippen LogP contribution in [0.2, 0.25) is 0 Å². The van der Waals surface area contributed by atoms with E-state index in [-0.39, 0.29) is 12.1 Å². The fourth-order valence-electron chi connectivity index (χ4n) is 2.48. The fourth-order valence-corrected chi connectivity index (χ4v) is 2.48. The number of carbonyl (C=O) groups is 1. The maximum absolute atomic E-state index is 11.1. The highest BCUT2D eigenvalue weighted by molar-refractivity contribution is 5.73. The lowest BCUT2D eigenvalue weighted by atomic mass is 10.2. The van der Waals surface area contributed by atoms with E-state index in [1.165, 1.54) is 4.90 Å². The van der Waals surface area contributed by atoms with Gasteiger partial charge in [-0.1, -0.05) is 12.1 Å². The van der Waals surface area contributed by atoms with Crippen LogP contribution in [0.3, 0.4) is 0 Å². The van der Waals surface area contributed by atoms with Gasteiger partial charge in [-0.2, -0.15) is 0 Å². The lowest BCUT2D eigenvalue weighted by molar-refractivity contribution is 0.143. The van der Waals surface area contributed by atoms with Crippen LogP contribution in [0.1, 0.15) is 0 Å². The smallest absolute Gasteiger partial charge is 0.407 e. The van der Waals surface area contributed by atoms with Gasteiger partial charge in [0.2, 0.25) is 5.88 Å². The SMILES string of the molecule is CNC1CN(C(=O)O)CC1Oc1cnc2ccccc2n1. The van der Waals surface area contributed by atoms with Gasteiger partial charge in [-0.25, -0.2) is 14.8 Å². The molecule has 3 rings (SSSR count). The van der Waals surface area contributed by atoms with Gasteiger partial charge in [-0.15, -0.1) is 0 Å². The first-order valence-electron chi connectivity index (χ1n) is 6.71. The number of para-hydroxylation sites is 2. The molecule has 2 aromatic rings. The number of carboxylic acid groups (broad SMARTS) is 1. The predicted octanol–water partition coefficient (Wildman–Crippen LogP) is 0.959. The van der Waals surface area contributed by atoms with Gasteiger partial charge in [0, 0.05) is 6.54 Å². The van der Waals surface area contributed by atoms with E-state index >= 15 is 0 Å². The van der Waals surface area contributed by atoms with E-state index in [1.54, 1.807) is 13.2 Å². The lowest BCUT2D eigenvalue weighted by Gasteiger charge is -2.18. The van der Waals surface area contributed by atoms with Crippen LogP contribution in [0.5, 0.6) is 5.88 Å². The molecule has 1 aromatic carbocycles. The Labute approximate surface area is 121 Å². The summed E-state index contributed by atoms with van der Waals surface area (Å²) in [7, 11) is 1.79. The van der Waals surface area contributed by atoms with Gasteiger partial charge >= 0.3 is 6.09 Å². The van der Waals surface area contributed by atoms with Crippen LogP contribution < -0.4 is 10.1 Å². The maximum atomic E-state index is 11.1. The van der Waals surface area contributed by atoms with Gasteiger partial charge in [0.05, 0.1) is 29.8 Å². The number of likely N-dealkylation sites (tertiary alicyclic amines) is 1. The van der Waals surface area contributed by atoms with Crippen molar-refractivity contribution in [3.63, 3.8) is 0 Å². The zero-order valence-electron chi connectivity index (χ0n) is 11.6. The largest absolute Gasteiger partial charge is 0.470 e. The second-order valence-corrected chi connectivity index (χ2v) is 4.94. The summed E-state index contributed by atoms with van der Waals surface area (Å²) in [4.78, 5) is 21.1. The monoisotopic (exact) mass is 288 g/mol. The highest BCUT2D eigenvalue weighted by Gasteiger charge is 2.36. The van der Waals surface area contributed by atoms with Crippen molar-refractivity contribution in [2.75, 3.05) is 20.1 Å². The fraction of sp³-hybridized carbons (Fsp3) is 0.357. The number of fused-ring (bicyclic) bond motifs is 1. The van der Waals surface area contributed by atoms with E-state index in [9.17, 15) is 4.79 Å². The van der Waals surface area contributed by atoms with Crippen molar-refractivity contribution in [2.45, 2.75) is 12.1 Å². The van der Waals surface area contributed by atoms with E-state index in [1.807, 2.05) is 24.3 Å². The number of rotatable bonds is 3. The normalized spacial score (nSPS) is 21.7. The number of nitrogens with zero attached hydrogens (tertiary/aromatic N) is 3. The minimum Gasteiger partial charge on any atom is -0.470 e. The minimum absolute atomic E-state index is 0.0608. The van der Waals surface area contributed by atoms with Crippen molar-refractivity contribution in [1.29, 1.82) is 0 Å². The molecule has 2 heterocycles. The zero-order valence-corrected chi connectivity index (χ0v) is 11.6. The molecular weight excluding hydrogens is 272 g/mol. The van der Waals surface area contributed by atoms with Crippen LogP contribution in [0.25, 0.3) is 11.0 Å². The summed E-state index contributed by atoms with van der Waals surface area (Å²) in [6, 6.07) is 7.47. The molecule has 110 valence electrons. The van der Waals surface area contributed by atoms with E-state index in [0.29, 0.717) is 19.0 Å². The van der Waals surface area contributed by atoms with E-state index < -0.39 is 6.09 Å². The average Bonchev–Trinajstić information content (AvgIpc) is 2.90. The topological polar surface area (TPSA) is 87.6 Å². The summed E-state index contributed by atoms with van der Waals surface area (Å²) in [6.45, 7) is 0.715. The number of ether oxygens (including phenoxy) is 1. The number of nitrogens with one attached hydrogen (secondary N) is 1. The number of amides is 1. The summed E-state index contributed by atoms with van der Waals surface area (Å²) in [5, 5.41) is 12.1. The molecular formula is C14H16N4O3. The molecule has 0 radical (unpaired) electrons. The third-order valence-corrected chi connectivity index (χ3v) is 3.61. The molecule has 2 unspecified atom stereocenters. The first-order chi connectivity index (χ1) is 10.2. The molecule has 7 heteroatoms.